The van der Waals surface area contributed by atoms with E-state index in [1.54, 1.807) is 0 Å². The maximum absolute atomic E-state index is 11.1. The van der Waals surface area contributed by atoms with Gasteiger partial charge in [0, 0.05) is 18.6 Å². The summed E-state index contributed by atoms with van der Waals surface area (Å²) in [6.07, 6.45) is 6.88. The van der Waals surface area contributed by atoms with Crippen LogP contribution in [0.25, 0.3) is 0 Å². The molecule has 3 heterocycles. The molecule has 1 N–H and O–H groups in total. The summed E-state index contributed by atoms with van der Waals surface area (Å²) in [6, 6.07) is 1.05. The fourth-order valence-corrected chi connectivity index (χ4v) is 3.32. The number of rotatable bonds is 3. The van der Waals surface area contributed by atoms with Gasteiger partial charge in [0.15, 0.2) is 6.29 Å². The highest BCUT2D eigenvalue weighted by molar-refractivity contribution is 6.32. The molecule has 2 saturated heterocycles. The minimum Gasteiger partial charge on any atom is -0.366 e. The summed E-state index contributed by atoms with van der Waals surface area (Å²) >= 11 is 5.91. The van der Waals surface area contributed by atoms with Gasteiger partial charge in [-0.1, -0.05) is 11.6 Å². The Morgan fingerprint density at radius 3 is 3.11 bits per heavy atom. The maximum atomic E-state index is 11.1. The van der Waals surface area contributed by atoms with Crippen molar-refractivity contribution in [3.63, 3.8) is 0 Å². The van der Waals surface area contributed by atoms with Crippen molar-refractivity contribution < 1.29 is 4.79 Å². The number of carbonyl (C=O) groups is 1. The van der Waals surface area contributed by atoms with Crippen LogP contribution in [0.15, 0.2) is 6.33 Å². The lowest BCUT2D eigenvalue weighted by atomic mass is 9.97. The molecule has 3 rings (SSSR count). The average molecular weight is 281 g/mol. The maximum Gasteiger partial charge on any atom is 0.156 e. The van der Waals surface area contributed by atoms with E-state index in [2.05, 4.69) is 20.2 Å². The molecule has 2 aliphatic rings. The van der Waals surface area contributed by atoms with Gasteiger partial charge >= 0.3 is 0 Å². The van der Waals surface area contributed by atoms with Crippen molar-refractivity contribution >= 4 is 23.7 Å². The molecule has 1 aromatic rings. The van der Waals surface area contributed by atoms with Crippen LogP contribution < -0.4 is 5.32 Å². The molecule has 0 aliphatic carbocycles. The Kier molecular flexibility index (Phi) is 3.66. The molecule has 2 aliphatic heterocycles. The van der Waals surface area contributed by atoms with Crippen molar-refractivity contribution in [2.24, 2.45) is 0 Å². The number of nitrogens with zero attached hydrogens (tertiary/aromatic N) is 3. The Morgan fingerprint density at radius 2 is 2.26 bits per heavy atom. The van der Waals surface area contributed by atoms with Crippen molar-refractivity contribution in [2.45, 2.75) is 37.8 Å². The zero-order valence-corrected chi connectivity index (χ0v) is 11.4. The lowest BCUT2D eigenvalue weighted by Crippen LogP contribution is -2.43. The van der Waals surface area contributed by atoms with Gasteiger partial charge in [0.05, 0.1) is 5.56 Å². The highest BCUT2D eigenvalue weighted by Crippen LogP contribution is 2.29. The molecule has 6 heteroatoms. The third-order valence-corrected chi connectivity index (χ3v) is 4.42. The fourth-order valence-electron chi connectivity index (χ4n) is 3.14. The summed E-state index contributed by atoms with van der Waals surface area (Å²) in [4.78, 5) is 21.6. The predicted molar refractivity (Wildman–Crippen MR) is 73.7 cm³/mol. The van der Waals surface area contributed by atoms with E-state index in [-0.39, 0.29) is 5.15 Å². The van der Waals surface area contributed by atoms with Crippen LogP contribution in [0.3, 0.4) is 0 Å². The quantitative estimate of drug-likeness (QED) is 0.678. The SMILES string of the molecule is O=Cc1c(Cl)ncnc1NC1CCN2CCCC2C1. The molecule has 0 bridgehead atoms. The minimum atomic E-state index is 0.214. The summed E-state index contributed by atoms with van der Waals surface area (Å²) in [6.45, 7) is 2.36. The Bertz CT molecular complexity index is 482. The topological polar surface area (TPSA) is 58.1 Å². The van der Waals surface area contributed by atoms with Crippen LogP contribution in [-0.4, -0.2) is 46.3 Å². The molecule has 19 heavy (non-hydrogen) atoms. The molecule has 0 saturated carbocycles. The molecule has 0 aromatic carbocycles. The molecular formula is C13H17ClN4O. The fraction of sp³-hybridized carbons (Fsp3) is 0.615. The Labute approximate surface area is 117 Å². The van der Waals surface area contributed by atoms with Gasteiger partial charge in [0.1, 0.15) is 17.3 Å². The van der Waals surface area contributed by atoms with E-state index in [0.717, 1.165) is 25.7 Å². The van der Waals surface area contributed by atoms with E-state index in [0.29, 0.717) is 23.5 Å². The summed E-state index contributed by atoms with van der Waals surface area (Å²) < 4.78 is 0. The highest BCUT2D eigenvalue weighted by Gasteiger charge is 2.32. The monoisotopic (exact) mass is 280 g/mol. The Balaban J connectivity index is 1.71. The van der Waals surface area contributed by atoms with Crippen molar-refractivity contribution in [1.82, 2.24) is 14.9 Å². The summed E-state index contributed by atoms with van der Waals surface area (Å²) in [5.74, 6) is 0.562. The first-order valence-electron chi connectivity index (χ1n) is 6.74. The number of nitrogens with one attached hydrogen (secondary N) is 1. The number of halogens is 1. The number of aromatic nitrogens is 2. The Hall–Kier alpha value is -1.20. The predicted octanol–water partition coefficient (Wildman–Crippen LogP) is 1.98. The van der Waals surface area contributed by atoms with Gasteiger partial charge in [-0.25, -0.2) is 9.97 Å². The molecule has 5 nitrogen and oxygen atoms in total. The van der Waals surface area contributed by atoms with Gasteiger partial charge in [0.2, 0.25) is 0 Å². The molecule has 102 valence electrons. The number of fused-ring (bicyclic) bond motifs is 1. The van der Waals surface area contributed by atoms with Crippen LogP contribution in [0.5, 0.6) is 0 Å². The largest absolute Gasteiger partial charge is 0.366 e. The second-order valence-electron chi connectivity index (χ2n) is 5.24. The summed E-state index contributed by atoms with van der Waals surface area (Å²) in [5, 5.41) is 3.57. The van der Waals surface area contributed by atoms with Gasteiger partial charge in [0.25, 0.3) is 0 Å². The second-order valence-corrected chi connectivity index (χ2v) is 5.60. The first kappa shape index (κ1) is 12.8. The van der Waals surface area contributed by atoms with Crippen LogP contribution in [0.1, 0.15) is 36.0 Å². The van der Waals surface area contributed by atoms with E-state index < -0.39 is 0 Å². The zero-order chi connectivity index (χ0) is 13.2. The molecule has 2 atom stereocenters. The van der Waals surface area contributed by atoms with Gasteiger partial charge < -0.3 is 10.2 Å². The van der Waals surface area contributed by atoms with E-state index in [4.69, 9.17) is 11.6 Å². The van der Waals surface area contributed by atoms with Crippen LogP contribution in [0, 0.1) is 0 Å². The number of hydrogen-bond donors (Lipinski definition) is 1. The van der Waals surface area contributed by atoms with E-state index in [1.807, 2.05) is 0 Å². The number of carbonyl (C=O) groups excluding carboxylic acids is 1. The van der Waals surface area contributed by atoms with E-state index >= 15 is 0 Å². The standard InChI is InChI=1S/C13H17ClN4O/c14-12-11(7-19)13(16-8-15-12)17-9-3-5-18-4-1-2-10(18)6-9/h7-10H,1-6H2,(H,15,16,17). The van der Waals surface area contributed by atoms with Crippen LogP contribution in [-0.2, 0) is 0 Å². The third kappa shape index (κ3) is 2.58. The average Bonchev–Trinajstić information content (AvgIpc) is 2.86. The lowest BCUT2D eigenvalue weighted by molar-refractivity contribution is 0.112. The number of hydrogen-bond acceptors (Lipinski definition) is 5. The minimum absolute atomic E-state index is 0.214. The zero-order valence-electron chi connectivity index (χ0n) is 10.7. The summed E-state index contributed by atoms with van der Waals surface area (Å²) in [7, 11) is 0. The van der Waals surface area contributed by atoms with E-state index in [9.17, 15) is 4.79 Å². The number of aldehydes is 1. The molecule has 0 radical (unpaired) electrons. The number of anilines is 1. The second kappa shape index (κ2) is 5.43. The number of piperidine rings is 1. The molecule has 2 fully saturated rings. The van der Waals surface area contributed by atoms with Crippen molar-refractivity contribution in [3.05, 3.63) is 17.0 Å². The highest BCUT2D eigenvalue weighted by atomic mass is 35.5. The molecule has 0 spiro atoms. The third-order valence-electron chi connectivity index (χ3n) is 4.11. The first-order valence-corrected chi connectivity index (χ1v) is 7.12. The van der Waals surface area contributed by atoms with Crippen molar-refractivity contribution in [1.29, 1.82) is 0 Å². The molecule has 0 amide bonds. The van der Waals surface area contributed by atoms with Gasteiger partial charge in [-0.2, -0.15) is 0 Å². The first-order chi connectivity index (χ1) is 9.28. The van der Waals surface area contributed by atoms with Gasteiger partial charge in [-0.05, 0) is 32.2 Å². The smallest absolute Gasteiger partial charge is 0.156 e. The molecular weight excluding hydrogens is 264 g/mol. The normalized spacial score (nSPS) is 27.0. The molecule has 2 unspecified atom stereocenters. The lowest BCUT2D eigenvalue weighted by Gasteiger charge is -2.35. The van der Waals surface area contributed by atoms with Gasteiger partial charge in [-0.15, -0.1) is 0 Å². The van der Waals surface area contributed by atoms with Crippen LogP contribution in [0.4, 0.5) is 5.82 Å². The van der Waals surface area contributed by atoms with Crippen LogP contribution in [0.2, 0.25) is 5.15 Å². The molecule has 1 aromatic heterocycles. The Morgan fingerprint density at radius 1 is 1.37 bits per heavy atom. The van der Waals surface area contributed by atoms with Crippen molar-refractivity contribution in [2.75, 3.05) is 18.4 Å². The van der Waals surface area contributed by atoms with Gasteiger partial charge in [-0.3, -0.25) is 4.79 Å². The summed E-state index contributed by atoms with van der Waals surface area (Å²) in [5.41, 5.74) is 0.359. The van der Waals surface area contributed by atoms with E-state index in [1.165, 1.54) is 25.7 Å². The van der Waals surface area contributed by atoms with Crippen molar-refractivity contribution in [3.8, 4) is 0 Å². The van der Waals surface area contributed by atoms with Crippen LogP contribution >= 0.6 is 11.6 Å².